The lowest BCUT2D eigenvalue weighted by atomic mass is 10.2. The van der Waals surface area contributed by atoms with Gasteiger partial charge in [0.25, 0.3) is 0 Å². The Morgan fingerprint density at radius 1 is 1.11 bits per heavy atom. The van der Waals surface area contributed by atoms with E-state index in [9.17, 15) is 0 Å². The van der Waals surface area contributed by atoms with E-state index in [0.717, 1.165) is 32.6 Å². The van der Waals surface area contributed by atoms with E-state index in [1.165, 1.54) is 35.0 Å². The molecule has 19 heavy (non-hydrogen) atoms. The van der Waals surface area contributed by atoms with Crippen molar-refractivity contribution in [2.75, 3.05) is 24.5 Å². The highest BCUT2D eigenvalue weighted by molar-refractivity contribution is 7.15. The van der Waals surface area contributed by atoms with E-state index in [-0.39, 0.29) is 0 Å². The van der Waals surface area contributed by atoms with Crippen LogP contribution in [0.15, 0.2) is 0 Å². The first-order valence-corrected chi connectivity index (χ1v) is 8.52. The monoisotopic (exact) mass is 283 g/mol. The summed E-state index contributed by atoms with van der Waals surface area (Å²) in [6.07, 6.45) is 4.78. The van der Waals surface area contributed by atoms with Crippen LogP contribution in [0.1, 0.15) is 57.5 Å². The molecule has 0 saturated heterocycles. The number of hydrogen-bond acceptors (Lipinski definition) is 4. The van der Waals surface area contributed by atoms with Crippen LogP contribution in [0, 0.1) is 0 Å². The van der Waals surface area contributed by atoms with Gasteiger partial charge in [0.1, 0.15) is 0 Å². The van der Waals surface area contributed by atoms with E-state index in [2.05, 4.69) is 37.9 Å². The summed E-state index contributed by atoms with van der Waals surface area (Å²) in [5.41, 5.74) is 1.30. The van der Waals surface area contributed by atoms with Crippen molar-refractivity contribution in [2.45, 2.75) is 59.9 Å². The minimum atomic E-state index is 0.980. The number of nitrogens with zero attached hydrogens (tertiary/aromatic N) is 2. The van der Waals surface area contributed by atoms with Gasteiger partial charge < -0.3 is 10.2 Å². The Hall–Kier alpha value is -0.610. The second kappa shape index (κ2) is 9.32. The fraction of sp³-hybridized carbons (Fsp3) is 0.800. The number of nitrogens with one attached hydrogen (secondary N) is 1. The Kier molecular flexibility index (Phi) is 8.07. The van der Waals surface area contributed by atoms with Gasteiger partial charge >= 0.3 is 0 Å². The van der Waals surface area contributed by atoms with E-state index in [1.54, 1.807) is 0 Å². The van der Waals surface area contributed by atoms with Gasteiger partial charge in [-0.3, -0.25) is 0 Å². The topological polar surface area (TPSA) is 28.2 Å². The molecule has 0 radical (unpaired) electrons. The van der Waals surface area contributed by atoms with Crippen LogP contribution >= 0.6 is 11.3 Å². The van der Waals surface area contributed by atoms with Gasteiger partial charge in [0.05, 0.1) is 5.69 Å². The van der Waals surface area contributed by atoms with E-state index in [0.29, 0.717) is 0 Å². The van der Waals surface area contributed by atoms with Crippen LogP contribution in [0.5, 0.6) is 0 Å². The third-order valence-corrected chi connectivity index (χ3v) is 4.44. The molecule has 0 bridgehead atoms. The van der Waals surface area contributed by atoms with Crippen LogP contribution in [-0.4, -0.2) is 24.6 Å². The molecule has 0 atom stereocenters. The minimum absolute atomic E-state index is 0.980. The van der Waals surface area contributed by atoms with Crippen LogP contribution in [0.25, 0.3) is 0 Å². The van der Waals surface area contributed by atoms with Gasteiger partial charge in [-0.15, -0.1) is 11.3 Å². The molecular weight excluding hydrogens is 254 g/mol. The number of aryl methyl sites for hydroxylation is 1. The van der Waals surface area contributed by atoms with Crippen LogP contribution in [0.2, 0.25) is 0 Å². The first-order chi connectivity index (χ1) is 9.26. The predicted molar refractivity (Wildman–Crippen MR) is 86.3 cm³/mol. The Balaban J connectivity index is 2.70. The van der Waals surface area contributed by atoms with Gasteiger partial charge in [-0.25, -0.2) is 4.98 Å². The summed E-state index contributed by atoms with van der Waals surface area (Å²) in [7, 11) is 0. The lowest BCUT2D eigenvalue weighted by molar-refractivity contribution is 0.641. The second-order valence-corrected chi connectivity index (χ2v) is 5.88. The first-order valence-electron chi connectivity index (χ1n) is 7.70. The largest absolute Gasteiger partial charge is 0.349 e. The summed E-state index contributed by atoms with van der Waals surface area (Å²) in [5, 5.41) is 4.74. The maximum absolute atomic E-state index is 4.85. The van der Waals surface area contributed by atoms with Crippen molar-refractivity contribution in [1.82, 2.24) is 10.3 Å². The van der Waals surface area contributed by atoms with Crippen molar-refractivity contribution >= 4 is 16.5 Å². The quantitative estimate of drug-likeness (QED) is 0.661. The van der Waals surface area contributed by atoms with Gasteiger partial charge in [-0.1, -0.05) is 26.7 Å². The zero-order valence-electron chi connectivity index (χ0n) is 13.0. The molecule has 1 heterocycles. The molecule has 0 aliphatic heterocycles. The summed E-state index contributed by atoms with van der Waals surface area (Å²) < 4.78 is 0. The fourth-order valence-electron chi connectivity index (χ4n) is 2.07. The van der Waals surface area contributed by atoms with E-state index in [4.69, 9.17) is 4.98 Å². The van der Waals surface area contributed by atoms with Crippen molar-refractivity contribution in [3.05, 3.63) is 10.6 Å². The van der Waals surface area contributed by atoms with Crippen molar-refractivity contribution in [3.63, 3.8) is 0 Å². The van der Waals surface area contributed by atoms with Gasteiger partial charge in [0.2, 0.25) is 0 Å². The van der Waals surface area contributed by atoms with Crippen LogP contribution < -0.4 is 10.2 Å². The van der Waals surface area contributed by atoms with E-state index in [1.807, 2.05) is 11.3 Å². The molecule has 0 aliphatic carbocycles. The highest BCUT2D eigenvalue weighted by atomic mass is 32.1. The average Bonchev–Trinajstić information content (AvgIpc) is 2.80. The minimum Gasteiger partial charge on any atom is -0.349 e. The third-order valence-electron chi connectivity index (χ3n) is 3.28. The van der Waals surface area contributed by atoms with Gasteiger partial charge in [-0.2, -0.15) is 0 Å². The predicted octanol–water partition coefficient (Wildman–Crippen LogP) is 3.83. The highest BCUT2D eigenvalue weighted by Crippen LogP contribution is 2.27. The molecule has 1 N–H and O–H groups in total. The van der Waals surface area contributed by atoms with Crippen LogP contribution in [-0.2, 0) is 13.0 Å². The normalized spacial score (nSPS) is 10.9. The standard InChI is InChI=1S/C15H29N3S/c1-5-9-11-16-12-14-13(10-6-2)17-15(19-14)18(7-3)8-4/h16H,5-12H2,1-4H3. The number of anilines is 1. The smallest absolute Gasteiger partial charge is 0.185 e. The lowest BCUT2D eigenvalue weighted by Gasteiger charge is -2.16. The maximum Gasteiger partial charge on any atom is 0.185 e. The maximum atomic E-state index is 4.85. The summed E-state index contributed by atoms with van der Waals surface area (Å²) in [5.74, 6) is 0. The molecule has 1 aromatic rings. The molecule has 0 aromatic carbocycles. The molecule has 0 aliphatic rings. The van der Waals surface area contributed by atoms with E-state index < -0.39 is 0 Å². The molecule has 110 valence electrons. The molecule has 0 amide bonds. The molecule has 1 rings (SSSR count). The van der Waals surface area contributed by atoms with Gasteiger partial charge in [0.15, 0.2) is 5.13 Å². The molecule has 0 fully saturated rings. The summed E-state index contributed by atoms with van der Waals surface area (Å²) >= 11 is 1.87. The molecular formula is C15H29N3S. The zero-order chi connectivity index (χ0) is 14.1. The number of aromatic nitrogens is 1. The highest BCUT2D eigenvalue weighted by Gasteiger charge is 2.13. The van der Waals surface area contributed by atoms with Crippen LogP contribution in [0.4, 0.5) is 5.13 Å². The fourth-order valence-corrected chi connectivity index (χ4v) is 3.28. The molecule has 4 heteroatoms. The lowest BCUT2D eigenvalue weighted by Crippen LogP contribution is -2.21. The Bertz CT molecular complexity index is 345. The SMILES string of the molecule is CCCCNCc1sc(N(CC)CC)nc1CCC. The van der Waals surface area contributed by atoms with Gasteiger partial charge in [-0.05, 0) is 33.2 Å². The number of unbranched alkanes of at least 4 members (excludes halogenated alkanes) is 1. The summed E-state index contributed by atoms with van der Waals surface area (Å²) in [4.78, 5) is 8.62. The number of rotatable bonds is 10. The average molecular weight is 283 g/mol. The Morgan fingerprint density at radius 3 is 2.42 bits per heavy atom. The van der Waals surface area contributed by atoms with Crippen molar-refractivity contribution in [3.8, 4) is 0 Å². The van der Waals surface area contributed by atoms with Crippen LogP contribution in [0.3, 0.4) is 0 Å². The van der Waals surface area contributed by atoms with Gasteiger partial charge in [0, 0.05) is 24.5 Å². The molecule has 0 unspecified atom stereocenters. The zero-order valence-corrected chi connectivity index (χ0v) is 13.8. The third kappa shape index (κ3) is 5.11. The Morgan fingerprint density at radius 2 is 1.84 bits per heavy atom. The summed E-state index contributed by atoms with van der Waals surface area (Å²) in [6.45, 7) is 13.0. The molecule has 1 aromatic heterocycles. The van der Waals surface area contributed by atoms with E-state index >= 15 is 0 Å². The molecule has 0 spiro atoms. The Labute approximate surface area is 122 Å². The number of hydrogen-bond donors (Lipinski definition) is 1. The second-order valence-electron chi connectivity index (χ2n) is 4.82. The molecule has 0 saturated carbocycles. The van der Waals surface area contributed by atoms with Crippen molar-refractivity contribution in [2.24, 2.45) is 0 Å². The molecule has 3 nitrogen and oxygen atoms in total. The first kappa shape index (κ1) is 16.4. The summed E-state index contributed by atoms with van der Waals surface area (Å²) in [6, 6.07) is 0. The number of thiazole rings is 1. The van der Waals surface area contributed by atoms with Crippen molar-refractivity contribution < 1.29 is 0 Å². The van der Waals surface area contributed by atoms with Crippen molar-refractivity contribution in [1.29, 1.82) is 0 Å².